The summed E-state index contributed by atoms with van der Waals surface area (Å²) < 4.78 is 62.8. The van der Waals surface area contributed by atoms with E-state index in [0.29, 0.717) is 5.02 Å². The number of anilines is 1. The fraction of sp³-hybridized carbons (Fsp3) is 0.176. The highest BCUT2D eigenvalue weighted by molar-refractivity contribution is 7.92. The average molecular weight is 434 g/mol. The summed E-state index contributed by atoms with van der Waals surface area (Å²) in [4.78, 5) is 12.0. The van der Waals surface area contributed by atoms with Crippen LogP contribution in [0.15, 0.2) is 53.6 Å². The molecule has 0 aromatic heterocycles. The number of benzene rings is 2. The molecular formula is C17H15ClF3N3O3S. The zero-order valence-corrected chi connectivity index (χ0v) is 16.0. The standard InChI is InChI=1S/C17H15ClF3N3O3S/c1-28(26,27)24(15-7-5-14(18)6-8-15)11-16(25)23-22-10-12-3-2-4-13(9-12)17(19,20)21/h2-10H,11H2,1H3,(H,23,25)/b22-10-. The number of carbonyl (C=O) groups is 1. The molecular weight excluding hydrogens is 419 g/mol. The van der Waals surface area contributed by atoms with E-state index in [4.69, 9.17) is 11.6 Å². The second kappa shape index (κ2) is 8.61. The van der Waals surface area contributed by atoms with Gasteiger partial charge < -0.3 is 0 Å². The van der Waals surface area contributed by atoms with Crippen molar-refractivity contribution in [2.45, 2.75) is 6.18 Å². The minimum absolute atomic E-state index is 0.118. The number of amides is 1. The number of hydrogen-bond donors (Lipinski definition) is 1. The molecule has 0 saturated heterocycles. The number of hydrazone groups is 1. The van der Waals surface area contributed by atoms with E-state index in [1.165, 1.54) is 36.4 Å². The molecule has 0 aliphatic heterocycles. The van der Waals surface area contributed by atoms with Crippen LogP contribution >= 0.6 is 11.6 Å². The van der Waals surface area contributed by atoms with Crippen LogP contribution in [0.2, 0.25) is 5.02 Å². The highest BCUT2D eigenvalue weighted by Crippen LogP contribution is 2.29. The van der Waals surface area contributed by atoms with Crippen LogP contribution < -0.4 is 9.73 Å². The maximum atomic E-state index is 12.7. The van der Waals surface area contributed by atoms with Gasteiger partial charge in [0.05, 0.1) is 23.7 Å². The van der Waals surface area contributed by atoms with Crippen molar-refractivity contribution in [3.63, 3.8) is 0 Å². The van der Waals surface area contributed by atoms with E-state index < -0.39 is 34.2 Å². The molecule has 1 amide bonds. The van der Waals surface area contributed by atoms with Crippen LogP contribution in [-0.2, 0) is 21.0 Å². The lowest BCUT2D eigenvalue weighted by molar-refractivity contribution is -0.137. The highest BCUT2D eigenvalue weighted by Gasteiger charge is 2.30. The van der Waals surface area contributed by atoms with E-state index in [1.54, 1.807) is 0 Å². The molecule has 0 atom stereocenters. The van der Waals surface area contributed by atoms with Crippen molar-refractivity contribution in [1.82, 2.24) is 5.43 Å². The van der Waals surface area contributed by atoms with Crippen LogP contribution in [0.3, 0.4) is 0 Å². The molecule has 28 heavy (non-hydrogen) atoms. The molecule has 0 spiro atoms. The van der Waals surface area contributed by atoms with Crippen LogP contribution in [-0.4, -0.2) is 33.3 Å². The molecule has 0 aliphatic carbocycles. The number of rotatable bonds is 6. The van der Waals surface area contributed by atoms with Gasteiger partial charge in [-0.05, 0) is 42.0 Å². The van der Waals surface area contributed by atoms with E-state index in [1.807, 2.05) is 0 Å². The predicted molar refractivity (Wildman–Crippen MR) is 101 cm³/mol. The highest BCUT2D eigenvalue weighted by atomic mass is 35.5. The molecule has 0 fully saturated rings. The quantitative estimate of drug-likeness (QED) is 0.561. The molecule has 2 aromatic carbocycles. The molecule has 0 heterocycles. The van der Waals surface area contributed by atoms with Crippen molar-refractivity contribution in [3.05, 3.63) is 64.7 Å². The van der Waals surface area contributed by atoms with Crippen LogP contribution in [0.5, 0.6) is 0 Å². The Balaban J connectivity index is 2.07. The topological polar surface area (TPSA) is 78.8 Å². The number of nitrogens with zero attached hydrogens (tertiary/aromatic N) is 2. The van der Waals surface area contributed by atoms with Gasteiger partial charge in [0.1, 0.15) is 6.54 Å². The first-order valence-corrected chi connectivity index (χ1v) is 9.92. The summed E-state index contributed by atoms with van der Waals surface area (Å²) in [6, 6.07) is 10.2. The van der Waals surface area contributed by atoms with Gasteiger partial charge in [-0.15, -0.1) is 0 Å². The predicted octanol–water partition coefficient (Wildman–Crippen LogP) is 3.28. The van der Waals surface area contributed by atoms with E-state index in [2.05, 4.69) is 10.5 Å². The summed E-state index contributed by atoms with van der Waals surface area (Å²) in [5, 5.41) is 3.97. The first-order valence-electron chi connectivity index (χ1n) is 7.69. The van der Waals surface area contributed by atoms with Crippen molar-refractivity contribution in [1.29, 1.82) is 0 Å². The summed E-state index contributed by atoms with van der Waals surface area (Å²) in [6.45, 7) is -0.569. The Morgan fingerprint density at radius 1 is 1.21 bits per heavy atom. The van der Waals surface area contributed by atoms with Gasteiger partial charge in [0, 0.05) is 5.02 Å². The maximum Gasteiger partial charge on any atom is 0.416 e. The van der Waals surface area contributed by atoms with E-state index in [-0.39, 0.29) is 11.3 Å². The van der Waals surface area contributed by atoms with Gasteiger partial charge in [0.25, 0.3) is 5.91 Å². The van der Waals surface area contributed by atoms with Crippen molar-refractivity contribution in [2.75, 3.05) is 17.1 Å². The fourth-order valence-electron chi connectivity index (χ4n) is 2.15. The SMILES string of the molecule is CS(=O)(=O)N(CC(=O)N/N=C\c1cccc(C(F)(F)F)c1)c1ccc(Cl)cc1. The second-order valence-electron chi connectivity index (χ2n) is 5.66. The lowest BCUT2D eigenvalue weighted by Gasteiger charge is -2.21. The second-order valence-corrected chi connectivity index (χ2v) is 8.01. The van der Waals surface area contributed by atoms with Gasteiger partial charge in [-0.25, -0.2) is 13.8 Å². The summed E-state index contributed by atoms with van der Waals surface area (Å²) in [5.41, 5.74) is 1.58. The number of sulfonamides is 1. The number of carbonyl (C=O) groups excluding carboxylic acids is 1. The lowest BCUT2D eigenvalue weighted by atomic mass is 10.1. The van der Waals surface area contributed by atoms with E-state index in [9.17, 15) is 26.4 Å². The summed E-state index contributed by atoms with van der Waals surface area (Å²) in [6.07, 6.45) is -2.54. The van der Waals surface area contributed by atoms with Crippen LogP contribution in [0.4, 0.5) is 18.9 Å². The van der Waals surface area contributed by atoms with Gasteiger partial charge in [0.2, 0.25) is 10.0 Å². The molecule has 1 N–H and O–H groups in total. The first kappa shape index (κ1) is 21.7. The lowest BCUT2D eigenvalue weighted by Crippen LogP contribution is -2.39. The Labute approximate surface area is 164 Å². The zero-order chi connectivity index (χ0) is 20.9. The van der Waals surface area contributed by atoms with Gasteiger partial charge in [-0.3, -0.25) is 9.10 Å². The minimum atomic E-state index is -4.50. The first-order chi connectivity index (χ1) is 13.0. The van der Waals surface area contributed by atoms with Crippen molar-refractivity contribution in [2.24, 2.45) is 5.10 Å². The van der Waals surface area contributed by atoms with Gasteiger partial charge in [-0.2, -0.15) is 18.3 Å². The Hall–Kier alpha value is -2.59. The Kier molecular flexibility index (Phi) is 6.68. The molecule has 2 rings (SSSR count). The van der Waals surface area contributed by atoms with Crippen LogP contribution in [0.25, 0.3) is 0 Å². The Bertz CT molecular complexity index is 977. The summed E-state index contributed by atoms with van der Waals surface area (Å²) >= 11 is 5.77. The third-order valence-corrected chi connectivity index (χ3v) is 4.81. The molecule has 11 heteroatoms. The third kappa shape index (κ3) is 6.24. The van der Waals surface area contributed by atoms with Crippen molar-refractivity contribution < 1.29 is 26.4 Å². The number of hydrogen-bond acceptors (Lipinski definition) is 4. The Morgan fingerprint density at radius 2 is 1.86 bits per heavy atom. The molecule has 0 saturated carbocycles. The normalized spacial score (nSPS) is 12.2. The summed E-state index contributed by atoms with van der Waals surface area (Å²) in [5.74, 6) is -0.774. The number of nitrogens with one attached hydrogen (secondary N) is 1. The van der Waals surface area contributed by atoms with Gasteiger partial charge in [0.15, 0.2) is 0 Å². The van der Waals surface area contributed by atoms with Crippen molar-refractivity contribution in [3.8, 4) is 0 Å². The smallest absolute Gasteiger partial charge is 0.271 e. The van der Waals surface area contributed by atoms with Crippen LogP contribution in [0.1, 0.15) is 11.1 Å². The average Bonchev–Trinajstić information content (AvgIpc) is 2.59. The summed E-state index contributed by atoms with van der Waals surface area (Å²) in [7, 11) is -3.77. The number of halogens is 4. The Morgan fingerprint density at radius 3 is 2.43 bits per heavy atom. The van der Waals surface area contributed by atoms with Gasteiger partial charge >= 0.3 is 6.18 Å². The molecule has 0 radical (unpaired) electrons. The molecule has 6 nitrogen and oxygen atoms in total. The molecule has 150 valence electrons. The fourth-order valence-corrected chi connectivity index (χ4v) is 3.13. The third-order valence-electron chi connectivity index (χ3n) is 3.42. The number of alkyl halides is 3. The molecule has 0 bridgehead atoms. The van der Waals surface area contributed by atoms with E-state index in [0.717, 1.165) is 28.9 Å². The zero-order valence-electron chi connectivity index (χ0n) is 14.4. The molecule has 2 aromatic rings. The van der Waals surface area contributed by atoms with Crippen LogP contribution in [0, 0.1) is 0 Å². The monoisotopic (exact) mass is 433 g/mol. The molecule has 0 aliphatic rings. The largest absolute Gasteiger partial charge is 0.416 e. The van der Waals surface area contributed by atoms with Gasteiger partial charge in [-0.1, -0.05) is 23.7 Å². The molecule has 0 unspecified atom stereocenters. The minimum Gasteiger partial charge on any atom is -0.271 e. The van der Waals surface area contributed by atoms with E-state index >= 15 is 0 Å². The maximum absolute atomic E-state index is 12.7. The van der Waals surface area contributed by atoms with Crippen molar-refractivity contribution >= 4 is 39.4 Å².